The van der Waals surface area contributed by atoms with Crippen molar-refractivity contribution < 1.29 is 9.84 Å². The monoisotopic (exact) mass is 231 g/mol. The van der Waals surface area contributed by atoms with E-state index in [9.17, 15) is 5.11 Å². The van der Waals surface area contributed by atoms with Crippen LogP contribution in [0, 0.1) is 6.92 Å². The first-order valence-electron chi connectivity index (χ1n) is 5.60. The zero-order chi connectivity index (χ0) is 12.6. The number of aromatic nitrogens is 1. The molecule has 1 aromatic heterocycles. The van der Waals surface area contributed by atoms with Crippen LogP contribution in [-0.4, -0.2) is 17.2 Å². The Balaban J connectivity index is 2.86. The third kappa shape index (κ3) is 2.11. The number of benzene rings is 1. The van der Waals surface area contributed by atoms with Crippen LogP contribution in [0.25, 0.3) is 10.9 Å². The van der Waals surface area contributed by atoms with Gasteiger partial charge in [0.1, 0.15) is 11.3 Å². The second-order valence-corrected chi connectivity index (χ2v) is 4.73. The Bertz CT molecular complexity index is 556. The highest BCUT2D eigenvalue weighted by Gasteiger charge is 2.20. The van der Waals surface area contributed by atoms with Crippen molar-refractivity contribution in [3.63, 3.8) is 0 Å². The van der Waals surface area contributed by atoms with Crippen LogP contribution in [-0.2, 0) is 5.60 Å². The number of aryl methyl sites for hydroxylation is 1. The smallest absolute Gasteiger partial charge is 0.145 e. The third-order valence-corrected chi connectivity index (χ3v) is 2.81. The van der Waals surface area contributed by atoms with Gasteiger partial charge in [-0.15, -0.1) is 0 Å². The number of hydrogen-bond acceptors (Lipinski definition) is 3. The van der Waals surface area contributed by atoms with E-state index < -0.39 is 5.60 Å². The molecule has 0 amide bonds. The first-order valence-corrected chi connectivity index (χ1v) is 5.60. The van der Waals surface area contributed by atoms with Gasteiger partial charge in [-0.3, -0.25) is 0 Å². The molecule has 0 radical (unpaired) electrons. The van der Waals surface area contributed by atoms with E-state index in [1.807, 2.05) is 31.2 Å². The SMILES string of the molecule is COc1cccc2c(C(C)(C)O)cc(C)nc12. The molecule has 1 aromatic carbocycles. The number of rotatable bonds is 2. The van der Waals surface area contributed by atoms with Crippen molar-refractivity contribution in [2.75, 3.05) is 7.11 Å². The molecule has 2 aromatic rings. The number of nitrogens with zero attached hydrogens (tertiary/aromatic N) is 1. The minimum absolute atomic E-state index is 0.733. The van der Waals surface area contributed by atoms with Crippen LogP contribution < -0.4 is 4.74 Å². The molecular formula is C14H17NO2. The predicted octanol–water partition coefficient (Wildman–Crippen LogP) is 2.78. The molecule has 1 N–H and O–H groups in total. The van der Waals surface area contributed by atoms with E-state index >= 15 is 0 Å². The zero-order valence-corrected chi connectivity index (χ0v) is 10.6. The third-order valence-electron chi connectivity index (χ3n) is 2.81. The molecule has 0 saturated carbocycles. The number of aliphatic hydroxyl groups is 1. The van der Waals surface area contributed by atoms with Crippen LogP contribution in [0.5, 0.6) is 5.75 Å². The van der Waals surface area contributed by atoms with Crippen LogP contribution in [0.1, 0.15) is 25.1 Å². The average molecular weight is 231 g/mol. The molecule has 90 valence electrons. The number of methoxy groups -OCH3 is 1. The normalized spacial score (nSPS) is 11.8. The molecule has 0 unspecified atom stereocenters. The first-order chi connectivity index (χ1) is 7.93. The minimum atomic E-state index is -0.891. The van der Waals surface area contributed by atoms with Crippen LogP contribution in [0.3, 0.4) is 0 Å². The summed E-state index contributed by atoms with van der Waals surface area (Å²) in [6.45, 7) is 5.47. The highest BCUT2D eigenvalue weighted by atomic mass is 16.5. The average Bonchev–Trinajstić information content (AvgIpc) is 2.26. The number of para-hydroxylation sites is 1. The molecule has 0 saturated heterocycles. The predicted molar refractivity (Wildman–Crippen MR) is 68.3 cm³/mol. The molecule has 3 nitrogen and oxygen atoms in total. The number of hydrogen-bond donors (Lipinski definition) is 1. The Morgan fingerprint density at radius 3 is 2.59 bits per heavy atom. The molecular weight excluding hydrogens is 214 g/mol. The van der Waals surface area contributed by atoms with Gasteiger partial charge in [-0.1, -0.05) is 12.1 Å². The first kappa shape index (κ1) is 11.9. The van der Waals surface area contributed by atoms with Crippen molar-refractivity contribution in [1.82, 2.24) is 4.98 Å². The Hall–Kier alpha value is -1.61. The van der Waals surface area contributed by atoms with Crippen LogP contribution in [0.2, 0.25) is 0 Å². The Kier molecular flexibility index (Phi) is 2.79. The lowest BCUT2D eigenvalue weighted by Gasteiger charge is -2.21. The van der Waals surface area contributed by atoms with E-state index in [2.05, 4.69) is 4.98 Å². The molecule has 0 aliphatic heterocycles. The van der Waals surface area contributed by atoms with E-state index in [1.54, 1.807) is 21.0 Å². The van der Waals surface area contributed by atoms with Crippen molar-refractivity contribution in [1.29, 1.82) is 0 Å². The number of ether oxygens (including phenoxy) is 1. The van der Waals surface area contributed by atoms with Gasteiger partial charge in [-0.2, -0.15) is 0 Å². The van der Waals surface area contributed by atoms with Gasteiger partial charge in [0.15, 0.2) is 0 Å². The van der Waals surface area contributed by atoms with Gasteiger partial charge in [-0.05, 0) is 38.5 Å². The summed E-state index contributed by atoms with van der Waals surface area (Å²) < 4.78 is 5.31. The summed E-state index contributed by atoms with van der Waals surface area (Å²) >= 11 is 0. The lowest BCUT2D eigenvalue weighted by molar-refractivity contribution is 0.0800. The fraction of sp³-hybridized carbons (Fsp3) is 0.357. The van der Waals surface area contributed by atoms with E-state index in [-0.39, 0.29) is 0 Å². The maximum atomic E-state index is 10.2. The van der Waals surface area contributed by atoms with Gasteiger partial charge in [0.25, 0.3) is 0 Å². The van der Waals surface area contributed by atoms with Crippen LogP contribution >= 0.6 is 0 Å². The second kappa shape index (κ2) is 4.00. The topological polar surface area (TPSA) is 42.4 Å². The largest absolute Gasteiger partial charge is 0.494 e. The quantitative estimate of drug-likeness (QED) is 0.864. The van der Waals surface area contributed by atoms with Gasteiger partial charge in [0, 0.05) is 11.1 Å². The summed E-state index contributed by atoms with van der Waals surface area (Å²) in [7, 11) is 1.63. The zero-order valence-electron chi connectivity index (χ0n) is 10.6. The minimum Gasteiger partial charge on any atom is -0.494 e. The molecule has 3 heteroatoms. The van der Waals surface area contributed by atoms with Crippen molar-refractivity contribution in [2.24, 2.45) is 0 Å². The van der Waals surface area contributed by atoms with Crippen molar-refractivity contribution in [3.8, 4) is 5.75 Å². The van der Waals surface area contributed by atoms with Gasteiger partial charge in [-0.25, -0.2) is 4.98 Å². The van der Waals surface area contributed by atoms with Gasteiger partial charge in [0.2, 0.25) is 0 Å². The molecule has 2 rings (SSSR count). The van der Waals surface area contributed by atoms with E-state index in [1.165, 1.54) is 0 Å². The summed E-state index contributed by atoms with van der Waals surface area (Å²) in [4.78, 5) is 4.48. The summed E-state index contributed by atoms with van der Waals surface area (Å²) in [5.41, 5.74) is 1.66. The van der Waals surface area contributed by atoms with Crippen LogP contribution in [0.15, 0.2) is 24.3 Å². The van der Waals surface area contributed by atoms with E-state index in [4.69, 9.17) is 4.74 Å². The number of pyridine rings is 1. The summed E-state index contributed by atoms with van der Waals surface area (Å²) in [6.07, 6.45) is 0. The Labute approximate surface area is 101 Å². The Morgan fingerprint density at radius 1 is 1.29 bits per heavy atom. The van der Waals surface area contributed by atoms with Crippen molar-refractivity contribution in [3.05, 3.63) is 35.5 Å². The lowest BCUT2D eigenvalue weighted by Crippen LogP contribution is -2.16. The molecule has 1 heterocycles. The highest BCUT2D eigenvalue weighted by Crippen LogP contribution is 2.32. The van der Waals surface area contributed by atoms with Crippen molar-refractivity contribution >= 4 is 10.9 Å². The highest BCUT2D eigenvalue weighted by molar-refractivity contribution is 5.88. The van der Waals surface area contributed by atoms with E-state index in [0.717, 1.165) is 27.9 Å². The molecule has 0 atom stereocenters. The summed E-state index contributed by atoms with van der Waals surface area (Å²) in [5.74, 6) is 0.733. The summed E-state index contributed by atoms with van der Waals surface area (Å²) in [6, 6.07) is 7.66. The van der Waals surface area contributed by atoms with Gasteiger partial charge in [0.05, 0.1) is 12.7 Å². The van der Waals surface area contributed by atoms with Gasteiger partial charge < -0.3 is 9.84 Å². The Morgan fingerprint density at radius 2 is 2.00 bits per heavy atom. The fourth-order valence-electron chi connectivity index (χ4n) is 2.02. The maximum absolute atomic E-state index is 10.2. The number of fused-ring (bicyclic) bond motifs is 1. The van der Waals surface area contributed by atoms with Crippen LogP contribution in [0.4, 0.5) is 0 Å². The molecule has 0 spiro atoms. The lowest BCUT2D eigenvalue weighted by atomic mass is 9.94. The maximum Gasteiger partial charge on any atom is 0.145 e. The summed E-state index contributed by atoms with van der Waals surface area (Å²) in [5, 5.41) is 11.1. The molecule has 0 fully saturated rings. The molecule has 0 aliphatic rings. The fourth-order valence-corrected chi connectivity index (χ4v) is 2.02. The molecule has 17 heavy (non-hydrogen) atoms. The van der Waals surface area contributed by atoms with Gasteiger partial charge >= 0.3 is 0 Å². The van der Waals surface area contributed by atoms with Crippen molar-refractivity contribution in [2.45, 2.75) is 26.4 Å². The standard InChI is InChI=1S/C14H17NO2/c1-9-8-11(14(2,3)16)10-6-5-7-12(17-4)13(10)15-9/h5-8,16H,1-4H3. The second-order valence-electron chi connectivity index (χ2n) is 4.73. The molecule has 0 bridgehead atoms. The van der Waals surface area contributed by atoms with E-state index in [0.29, 0.717) is 0 Å². The molecule has 0 aliphatic carbocycles.